The number of ether oxygens (including phenoxy) is 1. The third-order valence-corrected chi connectivity index (χ3v) is 6.28. The zero-order valence-corrected chi connectivity index (χ0v) is 20.0. The molecule has 3 aromatic carbocycles. The molecule has 8 heteroatoms. The zero-order chi connectivity index (χ0) is 23.4. The van der Waals surface area contributed by atoms with Crippen LogP contribution in [0.4, 0.5) is 11.4 Å². The second-order valence-corrected chi connectivity index (χ2v) is 9.38. The lowest BCUT2D eigenvalue weighted by atomic mass is 10.2. The number of anilines is 2. The van der Waals surface area contributed by atoms with E-state index in [1.54, 1.807) is 42.5 Å². The summed E-state index contributed by atoms with van der Waals surface area (Å²) in [6, 6.07) is 21.7. The molecule has 1 heterocycles. The monoisotopic (exact) mass is 494 g/mol. The highest BCUT2D eigenvalue weighted by Gasteiger charge is 2.33. The molecule has 1 saturated heterocycles. The molecule has 0 saturated carbocycles. The molecule has 1 N–H and O–H groups in total. The van der Waals surface area contributed by atoms with E-state index in [1.165, 1.54) is 16.7 Å². The minimum Gasteiger partial charge on any atom is -0.484 e. The van der Waals surface area contributed by atoms with Crippen LogP contribution in [0.5, 0.6) is 5.75 Å². The minimum absolute atomic E-state index is 0.104. The van der Waals surface area contributed by atoms with E-state index in [4.69, 9.17) is 28.6 Å². The Labute approximate surface area is 206 Å². The maximum atomic E-state index is 12.9. The summed E-state index contributed by atoms with van der Waals surface area (Å²) in [7, 11) is 0. The highest BCUT2D eigenvalue weighted by atomic mass is 35.5. The molecule has 1 aliphatic heterocycles. The average molecular weight is 495 g/mol. The number of nitrogens with zero attached hydrogens (tertiary/aromatic N) is 1. The molecule has 5 nitrogen and oxygen atoms in total. The molecular formula is C25H19ClN2O3S2. The fourth-order valence-corrected chi connectivity index (χ4v) is 4.59. The number of carbonyl (C=O) groups excluding carboxylic acids is 2. The average Bonchev–Trinajstić information content (AvgIpc) is 3.07. The van der Waals surface area contributed by atoms with Gasteiger partial charge in [-0.3, -0.25) is 14.5 Å². The van der Waals surface area contributed by atoms with E-state index in [0.717, 1.165) is 16.8 Å². The number of hydrogen-bond acceptors (Lipinski definition) is 5. The van der Waals surface area contributed by atoms with E-state index in [1.807, 2.05) is 43.3 Å². The minimum atomic E-state index is -0.240. The van der Waals surface area contributed by atoms with E-state index in [2.05, 4.69) is 5.32 Å². The Morgan fingerprint density at radius 2 is 1.85 bits per heavy atom. The first-order chi connectivity index (χ1) is 15.9. The van der Waals surface area contributed by atoms with Crippen LogP contribution in [0.15, 0.2) is 77.7 Å². The lowest BCUT2D eigenvalue weighted by Gasteiger charge is -2.14. The Morgan fingerprint density at radius 1 is 1.12 bits per heavy atom. The lowest BCUT2D eigenvalue weighted by Crippen LogP contribution is -2.27. The van der Waals surface area contributed by atoms with Crippen molar-refractivity contribution in [2.24, 2.45) is 0 Å². The molecule has 2 amide bonds. The SMILES string of the molecule is Cc1cccc(NC(=O)COc2ccc(/C=C3\SC(=S)N(c4ccc(Cl)cc4)C3=O)cc2)c1. The zero-order valence-electron chi connectivity index (χ0n) is 17.6. The van der Waals surface area contributed by atoms with Crippen LogP contribution in [0.3, 0.4) is 0 Å². The first-order valence-corrected chi connectivity index (χ1v) is 11.6. The number of aryl methyl sites for hydroxylation is 1. The molecule has 0 aliphatic carbocycles. The second-order valence-electron chi connectivity index (χ2n) is 7.27. The van der Waals surface area contributed by atoms with Crippen molar-refractivity contribution in [1.82, 2.24) is 0 Å². The van der Waals surface area contributed by atoms with Gasteiger partial charge in [0.1, 0.15) is 5.75 Å². The number of carbonyl (C=O) groups is 2. The fourth-order valence-electron chi connectivity index (χ4n) is 3.16. The van der Waals surface area contributed by atoms with Crippen LogP contribution in [0.1, 0.15) is 11.1 Å². The van der Waals surface area contributed by atoms with E-state index in [9.17, 15) is 9.59 Å². The van der Waals surface area contributed by atoms with Gasteiger partial charge in [-0.25, -0.2) is 0 Å². The normalized spacial score (nSPS) is 14.6. The summed E-state index contributed by atoms with van der Waals surface area (Å²) in [6.45, 7) is 1.86. The van der Waals surface area contributed by atoms with E-state index in [-0.39, 0.29) is 18.4 Å². The molecule has 0 aromatic heterocycles. The molecule has 0 unspecified atom stereocenters. The van der Waals surface area contributed by atoms with Crippen molar-refractivity contribution in [3.05, 3.63) is 93.9 Å². The van der Waals surface area contributed by atoms with Crippen molar-refractivity contribution >= 4 is 69.2 Å². The second kappa shape index (κ2) is 10.2. The van der Waals surface area contributed by atoms with Crippen molar-refractivity contribution < 1.29 is 14.3 Å². The Kier molecular flexibility index (Phi) is 7.13. The Bertz CT molecular complexity index is 1240. The van der Waals surface area contributed by atoms with Gasteiger partial charge < -0.3 is 10.1 Å². The number of benzene rings is 3. The standard InChI is InChI=1S/C25H19ClN2O3S2/c1-16-3-2-4-19(13-16)27-23(29)15-31-21-11-5-17(6-12-21)14-22-24(30)28(25(32)33-22)20-9-7-18(26)8-10-20/h2-14H,15H2,1H3,(H,27,29)/b22-14-. The third kappa shape index (κ3) is 5.82. The van der Waals surface area contributed by atoms with Crippen LogP contribution in [0.25, 0.3) is 6.08 Å². The van der Waals surface area contributed by atoms with Crippen molar-refractivity contribution in [1.29, 1.82) is 0 Å². The molecule has 4 rings (SSSR count). The molecule has 1 aliphatic rings. The number of nitrogens with one attached hydrogen (secondary N) is 1. The predicted octanol–water partition coefficient (Wildman–Crippen LogP) is 6.07. The summed E-state index contributed by atoms with van der Waals surface area (Å²) in [4.78, 5) is 27.0. The number of thiocarbonyl (C=S) groups is 1. The van der Waals surface area contributed by atoms with Gasteiger partial charge in [0.2, 0.25) is 0 Å². The molecular weight excluding hydrogens is 476 g/mol. The Balaban J connectivity index is 1.37. The van der Waals surface area contributed by atoms with Gasteiger partial charge in [-0.05, 0) is 72.7 Å². The number of amides is 2. The first-order valence-electron chi connectivity index (χ1n) is 10.0. The van der Waals surface area contributed by atoms with Gasteiger partial charge in [0.05, 0.1) is 10.6 Å². The Morgan fingerprint density at radius 3 is 2.55 bits per heavy atom. The van der Waals surface area contributed by atoms with E-state index < -0.39 is 0 Å². The lowest BCUT2D eigenvalue weighted by molar-refractivity contribution is -0.118. The smallest absolute Gasteiger partial charge is 0.270 e. The van der Waals surface area contributed by atoms with Crippen molar-refractivity contribution in [2.45, 2.75) is 6.92 Å². The van der Waals surface area contributed by atoms with Crippen molar-refractivity contribution in [3.8, 4) is 5.75 Å². The third-order valence-electron chi connectivity index (χ3n) is 4.73. The number of thioether (sulfide) groups is 1. The van der Waals surface area contributed by atoms with Crippen LogP contribution < -0.4 is 15.0 Å². The van der Waals surface area contributed by atoms with Gasteiger partial charge in [-0.2, -0.15) is 0 Å². The van der Waals surface area contributed by atoms with Gasteiger partial charge in [-0.15, -0.1) is 0 Å². The first kappa shape index (κ1) is 23.0. The summed E-state index contributed by atoms with van der Waals surface area (Å²) in [6.07, 6.45) is 1.78. The van der Waals surface area contributed by atoms with Gasteiger partial charge in [0.15, 0.2) is 10.9 Å². The Hall–Kier alpha value is -3.13. The number of rotatable bonds is 6. The maximum Gasteiger partial charge on any atom is 0.270 e. The van der Waals surface area contributed by atoms with Crippen molar-refractivity contribution in [2.75, 3.05) is 16.8 Å². The number of hydrogen-bond donors (Lipinski definition) is 1. The van der Waals surface area contributed by atoms with Gasteiger partial charge >= 0.3 is 0 Å². The summed E-state index contributed by atoms with van der Waals surface area (Å²) >= 11 is 12.6. The molecule has 3 aromatic rings. The predicted molar refractivity (Wildman–Crippen MR) is 139 cm³/mol. The van der Waals surface area contributed by atoms with E-state index in [0.29, 0.717) is 25.7 Å². The fraction of sp³-hybridized carbons (Fsp3) is 0.0800. The van der Waals surface area contributed by atoms with Crippen LogP contribution in [0.2, 0.25) is 5.02 Å². The molecule has 166 valence electrons. The van der Waals surface area contributed by atoms with Crippen LogP contribution in [0, 0.1) is 6.92 Å². The quantitative estimate of drug-likeness (QED) is 0.333. The van der Waals surface area contributed by atoms with E-state index >= 15 is 0 Å². The molecule has 33 heavy (non-hydrogen) atoms. The molecule has 0 radical (unpaired) electrons. The van der Waals surface area contributed by atoms with Gasteiger partial charge in [-0.1, -0.05) is 59.8 Å². The molecule has 0 spiro atoms. The molecule has 0 atom stereocenters. The van der Waals surface area contributed by atoms with Gasteiger partial charge in [0.25, 0.3) is 11.8 Å². The molecule has 1 fully saturated rings. The van der Waals surface area contributed by atoms with Crippen LogP contribution in [-0.2, 0) is 9.59 Å². The summed E-state index contributed by atoms with van der Waals surface area (Å²) in [5.41, 5.74) is 3.30. The summed E-state index contributed by atoms with van der Waals surface area (Å²) < 4.78 is 6.04. The highest BCUT2D eigenvalue weighted by Crippen LogP contribution is 2.36. The highest BCUT2D eigenvalue weighted by molar-refractivity contribution is 8.27. The summed E-state index contributed by atoms with van der Waals surface area (Å²) in [5, 5.41) is 3.40. The van der Waals surface area contributed by atoms with Gasteiger partial charge in [0, 0.05) is 10.7 Å². The van der Waals surface area contributed by atoms with Crippen molar-refractivity contribution in [3.63, 3.8) is 0 Å². The summed E-state index contributed by atoms with van der Waals surface area (Å²) in [5.74, 6) is 0.135. The van der Waals surface area contributed by atoms with Crippen LogP contribution >= 0.6 is 35.6 Å². The van der Waals surface area contributed by atoms with Crippen LogP contribution in [-0.4, -0.2) is 22.7 Å². The number of halogens is 1. The molecule has 0 bridgehead atoms. The topological polar surface area (TPSA) is 58.6 Å². The largest absolute Gasteiger partial charge is 0.484 e. The maximum absolute atomic E-state index is 12.9.